The van der Waals surface area contributed by atoms with E-state index < -0.39 is 0 Å². The van der Waals surface area contributed by atoms with Crippen molar-refractivity contribution in [2.45, 2.75) is 33.7 Å². The largest absolute Gasteiger partial charge is 0.295 e. The standard InChI is InChI=1S/C22H29N3/c1-4-22(20-8-6-5-7-9-20)23-25-14-12-24(13-15-25)17-21-11-10-18(2)16-19(21)3/h5-11,16H,4,12-15,17H2,1-3H3. The van der Waals surface area contributed by atoms with Crippen LogP contribution in [0.2, 0.25) is 0 Å². The molecule has 2 aromatic carbocycles. The number of hydrogen-bond acceptors (Lipinski definition) is 3. The summed E-state index contributed by atoms with van der Waals surface area (Å²) in [6.45, 7) is 11.8. The number of hydrogen-bond donors (Lipinski definition) is 0. The first kappa shape index (κ1) is 17.7. The molecule has 0 atom stereocenters. The zero-order valence-corrected chi connectivity index (χ0v) is 15.7. The molecular formula is C22H29N3. The lowest BCUT2D eigenvalue weighted by molar-refractivity contribution is 0.130. The van der Waals surface area contributed by atoms with Gasteiger partial charge in [-0.2, -0.15) is 5.10 Å². The summed E-state index contributed by atoms with van der Waals surface area (Å²) in [5.74, 6) is 0. The number of hydrazone groups is 1. The fourth-order valence-corrected chi connectivity index (χ4v) is 3.39. The van der Waals surface area contributed by atoms with Gasteiger partial charge in [0.05, 0.1) is 5.71 Å². The minimum atomic E-state index is 0.965. The van der Waals surface area contributed by atoms with E-state index in [0.717, 1.165) is 39.1 Å². The van der Waals surface area contributed by atoms with Gasteiger partial charge in [0.15, 0.2) is 0 Å². The summed E-state index contributed by atoms with van der Waals surface area (Å²) in [5, 5.41) is 7.16. The van der Waals surface area contributed by atoms with Gasteiger partial charge in [0.25, 0.3) is 0 Å². The van der Waals surface area contributed by atoms with Crippen LogP contribution in [-0.2, 0) is 6.54 Å². The Bertz CT molecular complexity index is 713. The molecule has 3 nitrogen and oxygen atoms in total. The first-order chi connectivity index (χ1) is 12.2. The van der Waals surface area contributed by atoms with Crippen molar-refractivity contribution in [3.05, 3.63) is 70.8 Å². The number of piperazine rings is 1. The van der Waals surface area contributed by atoms with Gasteiger partial charge in [0.1, 0.15) is 0 Å². The Morgan fingerprint density at radius 2 is 1.68 bits per heavy atom. The van der Waals surface area contributed by atoms with Crippen LogP contribution in [0.25, 0.3) is 0 Å². The highest BCUT2D eigenvalue weighted by Crippen LogP contribution is 2.15. The number of aryl methyl sites for hydroxylation is 2. The van der Waals surface area contributed by atoms with Crippen molar-refractivity contribution < 1.29 is 0 Å². The summed E-state index contributed by atoms with van der Waals surface area (Å²) in [7, 11) is 0. The summed E-state index contributed by atoms with van der Waals surface area (Å²) in [6, 6.07) is 17.3. The van der Waals surface area contributed by atoms with Gasteiger partial charge in [-0.25, -0.2) is 0 Å². The molecule has 0 aromatic heterocycles. The van der Waals surface area contributed by atoms with Crippen molar-refractivity contribution in [3.8, 4) is 0 Å². The van der Waals surface area contributed by atoms with Gasteiger partial charge in [0.2, 0.25) is 0 Å². The molecule has 1 aliphatic heterocycles. The molecule has 1 aliphatic rings. The second-order valence-corrected chi connectivity index (χ2v) is 6.93. The highest BCUT2D eigenvalue weighted by Gasteiger charge is 2.17. The van der Waals surface area contributed by atoms with Crippen molar-refractivity contribution in [3.63, 3.8) is 0 Å². The van der Waals surface area contributed by atoms with Crippen LogP contribution >= 0.6 is 0 Å². The summed E-state index contributed by atoms with van der Waals surface area (Å²) in [6.07, 6.45) is 0.965. The van der Waals surface area contributed by atoms with Gasteiger partial charge < -0.3 is 0 Å². The predicted octanol–water partition coefficient (Wildman–Crippen LogP) is 4.24. The molecular weight excluding hydrogens is 306 g/mol. The van der Waals surface area contributed by atoms with E-state index in [2.05, 4.69) is 79.2 Å². The molecule has 3 heteroatoms. The Morgan fingerprint density at radius 1 is 0.960 bits per heavy atom. The molecule has 0 amide bonds. The van der Waals surface area contributed by atoms with Crippen molar-refractivity contribution in [1.82, 2.24) is 9.91 Å². The molecule has 1 fully saturated rings. The average Bonchev–Trinajstić information content (AvgIpc) is 2.64. The predicted molar refractivity (Wildman–Crippen MR) is 106 cm³/mol. The second-order valence-electron chi connectivity index (χ2n) is 6.93. The molecule has 1 heterocycles. The van der Waals surface area contributed by atoms with Crippen molar-refractivity contribution >= 4 is 5.71 Å². The van der Waals surface area contributed by atoms with Crippen molar-refractivity contribution in [2.75, 3.05) is 26.2 Å². The first-order valence-corrected chi connectivity index (χ1v) is 9.32. The Hall–Kier alpha value is -2.13. The zero-order chi connectivity index (χ0) is 17.6. The third-order valence-electron chi connectivity index (χ3n) is 4.94. The second kappa shape index (κ2) is 8.30. The zero-order valence-electron chi connectivity index (χ0n) is 15.7. The lowest BCUT2D eigenvalue weighted by atomic mass is 10.1. The van der Waals surface area contributed by atoms with E-state index in [4.69, 9.17) is 5.10 Å². The molecule has 0 bridgehead atoms. The normalized spacial score (nSPS) is 16.3. The van der Waals surface area contributed by atoms with Crippen LogP contribution in [0.3, 0.4) is 0 Å². The Kier molecular flexibility index (Phi) is 5.87. The van der Waals surface area contributed by atoms with Crippen LogP contribution in [0.5, 0.6) is 0 Å². The lowest BCUT2D eigenvalue weighted by Crippen LogP contribution is -2.44. The van der Waals surface area contributed by atoms with Gasteiger partial charge in [-0.05, 0) is 37.0 Å². The quantitative estimate of drug-likeness (QED) is 0.761. The van der Waals surface area contributed by atoms with Gasteiger partial charge >= 0.3 is 0 Å². The van der Waals surface area contributed by atoms with Crippen LogP contribution in [0.1, 0.15) is 35.6 Å². The number of rotatable bonds is 5. The lowest BCUT2D eigenvalue weighted by Gasteiger charge is -2.34. The van der Waals surface area contributed by atoms with Gasteiger partial charge in [-0.1, -0.05) is 61.0 Å². The topological polar surface area (TPSA) is 18.8 Å². The van der Waals surface area contributed by atoms with Crippen molar-refractivity contribution in [2.24, 2.45) is 5.10 Å². The maximum atomic E-state index is 4.92. The fourth-order valence-electron chi connectivity index (χ4n) is 3.39. The Morgan fingerprint density at radius 3 is 2.32 bits per heavy atom. The third-order valence-corrected chi connectivity index (χ3v) is 4.94. The highest BCUT2D eigenvalue weighted by molar-refractivity contribution is 6.00. The molecule has 3 rings (SSSR count). The summed E-state index contributed by atoms with van der Waals surface area (Å²) in [5.41, 5.74) is 6.61. The van der Waals surface area contributed by atoms with E-state index in [1.54, 1.807) is 0 Å². The third kappa shape index (κ3) is 4.70. The highest BCUT2D eigenvalue weighted by atomic mass is 15.5. The van der Waals surface area contributed by atoms with E-state index in [1.165, 1.54) is 28.0 Å². The molecule has 2 aromatic rings. The SMILES string of the molecule is CCC(=NN1CCN(Cc2ccc(C)cc2C)CC1)c1ccccc1. The number of nitrogens with zero attached hydrogens (tertiary/aromatic N) is 3. The minimum absolute atomic E-state index is 0.965. The molecule has 0 spiro atoms. The molecule has 1 saturated heterocycles. The monoisotopic (exact) mass is 335 g/mol. The summed E-state index contributed by atoms with van der Waals surface area (Å²) in [4.78, 5) is 2.54. The van der Waals surface area contributed by atoms with Gasteiger partial charge in [0, 0.05) is 32.7 Å². The van der Waals surface area contributed by atoms with Crippen molar-refractivity contribution in [1.29, 1.82) is 0 Å². The van der Waals surface area contributed by atoms with Crippen LogP contribution in [0, 0.1) is 13.8 Å². The van der Waals surface area contributed by atoms with E-state index in [0.29, 0.717) is 0 Å². The van der Waals surface area contributed by atoms with Crippen LogP contribution in [0.4, 0.5) is 0 Å². The van der Waals surface area contributed by atoms with Gasteiger partial charge in [-0.3, -0.25) is 9.91 Å². The number of benzene rings is 2. The van der Waals surface area contributed by atoms with Crippen LogP contribution < -0.4 is 0 Å². The smallest absolute Gasteiger partial charge is 0.0674 e. The summed E-state index contributed by atoms with van der Waals surface area (Å²) >= 11 is 0. The molecule has 0 unspecified atom stereocenters. The minimum Gasteiger partial charge on any atom is -0.295 e. The van der Waals surface area contributed by atoms with Gasteiger partial charge in [-0.15, -0.1) is 0 Å². The molecule has 132 valence electrons. The van der Waals surface area contributed by atoms with E-state index in [-0.39, 0.29) is 0 Å². The Labute approximate surface area is 152 Å². The van der Waals surface area contributed by atoms with E-state index in [1.807, 2.05) is 0 Å². The molecule has 25 heavy (non-hydrogen) atoms. The molecule has 0 N–H and O–H groups in total. The maximum absolute atomic E-state index is 4.92. The molecule has 0 radical (unpaired) electrons. The first-order valence-electron chi connectivity index (χ1n) is 9.32. The maximum Gasteiger partial charge on any atom is 0.0674 e. The average molecular weight is 335 g/mol. The summed E-state index contributed by atoms with van der Waals surface area (Å²) < 4.78 is 0. The fraction of sp³-hybridized carbons (Fsp3) is 0.409. The Balaban J connectivity index is 1.59. The molecule has 0 saturated carbocycles. The molecule has 0 aliphatic carbocycles. The van der Waals surface area contributed by atoms with Crippen LogP contribution in [0.15, 0.2) is 53.6 Å². The van der Waals surface area contributed by atoms with E-state index >= 15 is 0 Å². The van der Waals surface area contributed by atoms with E-state index in [9.17, 15) is 0 Å². The van der Waals surface area contributed by atoms with Crippen LogP contribution in [-0.4, -0.2) is 41.8 Å².